The van der Waals surface area contributed by atoms with Crippen molar-refractivity contribution >= 4 is 0 Å². The summed E-state index contributed by atoms with van der Waals surface area (Å²) >= 11 is 0. The van der Waals surface area contributed by atoms with Crippen LogP contribution in [0.1, 0.15) is 39.0 Å². The van der Waals surface area contributed by atoms with E-state index in [2.05, 4.69) is 24.1 Å². The summed E-state index contributed by atoms with van der Waals surface area (Å²) in [7, 11) is 1.92. The zero-order valence-corrected chi connectivity index (χ0v) is 7.74. The van der Waals surface area contributed by atoms with Crippen molar-refractivity contribution < 1.29 is 0 Å². The Balaban J connectivity index is 2.96. The summed E-state index contributed by atoms with van der Waals surface area (Å²) in [5.74, 6) is 6.18. The van der Waals surface area contributed by atoms with Crippen molar-refractivity contribution in [2.45, 2.75) is 39.0 Å². The molecule has 1 heteroatoms. The van der Waals surface area contributed by atoms with Gasteiger partial charge in [-0.3, -0.25) is 0 Å². The minimum absolute atomic E-state index is 0.827. The van der Waals surface area contributed by atoms with Crippen molar-refractivity contribution in [3.8, 4) is 11.8 Å². The molecule has 0 aromatic carbocycles. The van der Waals surface area contributed by atoms with Crippen LogP contribution in [0, 0.1) is 11.8 Å². The molecule has 1 N–H and O–H groups in total. The van der Waals surface area contributed by atoms with Crippen LogP contribution in [-0.2, 0) is 0 Å². The molecule has 0 atom stereocenters. The Bertz CT molecular complexity index is 119. The second kappa shape index (κ2) is 9.52. The Morgan fingerprint density at radius 1 is 1.09 bits per heavy atom. The number of hydrogen-bond donors (Lipinski definition) is 1. The van der Waals surface area contributed by atoms with Crippen LogP contribution in [-0.4, -0.2) is 13.6 Å². The molecule has 0 radical (unpaired) electrons. The summed E-state index contributed by atoms with van der Waals surface area (Å²) < 4.78 is 0. The van der Waals surface area contributed by atoms with Gasteiger partial charge in [0.05, 0.1) is 6.54 Å². The van der Waals surface area contributed by atoms with Gasteiger partial charge in [0.2, 0.25) is 0 Å². The smallest absolute Gasteiger partial charge is 0.0574 e. The summed E-state index contributed by atoms with van der Waals surface area (Å²) in [6, 6.07) is 0. The van der Waals surface area contributed by atoms with Gasteiger partial charge in [-0.2, -0.15) is 0 Å². The number of hydrogen-bond acceptors (Lipinski definition) is 1. The minimum atomic E-state index is 0.827. The van der Waals surface area contributed by atoms with Crippen LogP contribution in [0.4, 0.5) is 0 Å². The van der Waals surface area contributed by atoms with Crippen molar-refractivity contribution in [2.75, 3.05) is 13.6 Å². The quantitative estimate of drug-likeness (QED) is 0.471. The molecule has 0 aliphatic carbocycles. The second-order valence-electron chi connectivity index (χ2n) is 2.69. The van der Waals surface area contributed by atoms with E-state index in [1.807, 2.05) is 7.05 Å². The van der Waals surface area contributed by atoms with E-state index in [1.165, 1.54) is 25.7 Å². The Morgan fingerprint density at radius 3 is 2.55 bits per heavy atom. The van der Waals surface area contributed by atoms with E-state index >= 15 is 0 Å². The van der Waals surface area contributed by atoms with Crippen LogP contribution in [0.15, 0.2) is 0 Å². The molecule has 1 nitrogen and oxygen atoms in total. The maximum Gasteiger partial charge on any atom is 0.0574 e. The van der Waals surface area contributed by atoms with Crippen LogP contribution in [0.2, 0.25) is 0 Å². The lowest BCUT2D eigenvalue weighted by molar-refractivity contribution is 0.679. The largest absolute Gasteiger partial charge is 0.309 e. The van der Waals surface area contributed by atoms with Crippen molar-refractivity contribution in [3.05, 3.63) is 0 Å². The summed E-state index contributed by atoms with van der Waals surface area (Å²) in [5.41, 5.74) is 0. The molecule has 64 valence electrons. The third-order valence-corrected chi connectivity index (χ3v) is 1.55. The summed E-state index contributed by atoms with van der Waals surface area (Å²) in [6.07, 6.45) is 6.34. The van der Waals surface area contributed by atoms with E-state index in [0.717, 1.165) is 13.0 Å². The molecule has 0 heterocycles. The number of unbranched alkanes of at least 4 members (excludes halogenated alkanes) is 4. The van der Waals surface area contributed by atoms with Gasteiger partial charge in [0.1, 0.15) is 0 Å². The van der Waals surface area contributed by atoms with E-state index in [-0.39, 0.29) is 0 Å². The Morgan fingerprint density at radius 2 is 1.91 bits per heavy atom. The van der Waals surface area contributed by atoms with Crippen molar-refractivity contribution in [1.82, 2.24) is 5.32 Å². The van der Waals surface area contributed by atoms with E-state index in [4.69, 9.17) is 0 Å². The van der Waals surface area contributed by atoms with Gasteiger partial charge >= 0.3 is 0 Å². The highest BCUT2D eigenvalue weighted by Crippen LogP contribution is 2.00. The Hall–Kier alpha value is -0.480. The molecule has 0 saturated heterocycles. The molecule has 0 unspecified atom stereocenters. The average molecular weight is 153 g/mol. The first-order valence-electron chi connectivity index (χ1n) is 4.52. The zero-order chi connectivity index (χ0) is 8.36. The molecule has 0 bridgehead atoms. The lowest BCUT2D eigenvalue weighted by atomic mass is 10.2. The van der Waals surface area contributed by atoms with Crippen molar-refractivity contribution in [1.29, 1.82) is 0 Å². The molecule has 0 spiro atoms. The normalized spacial score (nSPS) is 8.91. The highest BCUT2D eigenvalue weighted by molar-refractivity contribution is 5.00. The fraction of sp³-hybridized carbons (Fsp3) is 0.800. The highest BCUT2D eigenvalue weighted by Gasteiger charge is 1.82. The summed E-state index contributed by atoms with van der Waals surface area (Å²) in [4.78, 5) is 0. The van der Waals surface area contributed by atoms with Gasteiger partial charge < -0.3 is 5.32 Å². The van der Waals surface area contributed by atoms with Gasteiger partial charge in [-0.1, -0.05) is 32.1 Å². The molecule has 0 aliphatic rings. The molecule has 0 aliphatic heterocycles. The van der Waals surface area contributed by atoms with Gasteiger partial charge in [-0.05, 0) is 13.5 Å². The van der Waals surface area contributed by atoms with Crippen LogP contribution >= 0.6 is 0 Å². The molecule has 11 heavy (non-hydrogen) atoms. The van der Waals surface area contributed by atoms with Gasteiger partial charge in [0.15, 0.2) is 0 Å². The summed E-state index contributed by atoms with van der Waals surface area (Å²) in [5, 5.41) is 3.00. The number of nitrogens with one attached hydrogen (secondary N) is 1. The SMILES string of the molecule is CCCCCCC#CCNC. The van der Waals surface area contributed by atoms with E-state index in [0.29, 0.717) is 0 Å². The molecule has 0 fully saturated rings. The maximum absolute atomic E-state index is 3.13. The monoisotopic (exact) mass is 153 g/mol. The van der Waals surface area contributed by atoms with Gasteiger partial charge in [-0.15, -0.1) is 5.92 Å². The topological polar surface area (TPSA) is 12.0 Å². The fourth-order valence-corrected chi connectivity index (χ4v) is 0.879. The summed E-state index contributed by atoms with van der Waals surface area (Å²) in [6.45, 7) is 3.06. The third kappa shape index (κ3) is 9.52. The number of rotatable bonds is 5. The highest BCUT2D eigenvalue weighted by atomic mass is 14.8. The first-order chi connectivity index (χ1) is 5.41. The van der Waals surface area contributed by atoms with Gasteiger partial charge in [0.25, 0.3) is 0 Å². The second-order valence-corrected chi connectivity index (χ2v) is 2.69. The molecule has 0 amide bonds. The van der Waals surface area contributed by atoms with Gasteiger partial charge in [0, 0.05) is 6.42 Å². The first-order valence-corrected chi connectivity index (χ1v) is 4.52. The Labute approximate surface area is 70.6 Å². The van der Waals surface area contributed by atoms with Gasteiger partial charge in [-0.25, -0.2) is 0 Å². The lowest BCUT2D eigenvalue weighted by Crippen LogP contribution is -2.04. The standard InChI is InChI=1S/C10H19N/c1-3-4-5-6-7-8-9-10-11-2/h11H,3-7,10H2,1-2H3. The van der Waals surface area contributed by atoms with E-state index < -0.39 is 0 Å². The molecule has 0 saturated carbocycles. The first kappa shape index (κ1) is 10.5. The van der Waals surface area contributed by atoms with Crippen LogP contribution in [0.3, 0.4) is 0 Å². The molecular weight excluding hydrogens is 134 g/mol. The predicted octanol–water partition coefficient (Wildman–Crippen LogP) is 2.18. The van der Waals surface area contributed by atoms with Crippen molar-refractivity contribution in [3.63, 3.8) is 0 Å². The van der Waals surface area contributed by atoms with Crippen molar-refractivity contribution in [2.24, 2.45) is 0 Å². The fourth-order valence-electron chi connectivity index (χ4n) is 0.879. The van der Waals surface area contributed by atoms with E-state index in [9.17, 15) is 0 Å². The molecule has 0 aromatic heterocycles. The zero-order valence-electron chi connectivity index (χ0n) is 7.74. The average Bonchev–Trinajstić information content (AvgIpc) is 2.03. The Kier molecular flexibility index (Phi) is 9.10. The molecular formula is C10H19N. The lowest BCUT2D eigenvalue weighted by Gasteiger charge is -1.91. The maximum atomic E-state index is 3.13. The minimum Gasteiger partial charge on any atom is -0.309 e. The molecule has 0 aromatic rings. The van der Waals surface area contributed by atoms with E-state index in [1.54, 1.807) is 0 Å². The predicted molar refractivity (Wildman–Crippen MR) is 50.5 cm³/mol. The molecule has 0 rings (SSSR count). The third-order valence-electron chi connectivity index (χ3n) is 1.55. The van der Waals surface area contributed by atoms with Crippen LogP contribution in [0.25, 0.3) is 0 Å². The van der Waals surface area contributed by atoms with Crippen LogP contribution < -0.4 is 5.32 Å². The van der Waals surface area contributed by atoms with Crippen LogP contribution in [0.5, 0.6) is 0 Å².